The van der Waals surface area contributed by atoms with Crippen LogP contribution in [0.4, 0.5) is 0 Å². The normalized spacial score (nSPS) is 16.6. The maximum absolute atomic E-state index is 4.05. The van der Waals surface area contributed by atoms with Crippen LogP contribution < -0.4 is 5.32 Å². The minimum absolute atomic E-state index is 0.480. The van der Waals surface area contributed by atoms with E-state index in [1.54, 1.807) is 10.4 Å². The maximum Gasteiger partial charge on any atom is 0.0452 e. The molecule has 1 aliphatic rings. The Balaban J connectivity index is 2.17. The van der Waals surface area contributed by atoms with Gasteiger partial charge >= 0.3 is 0 Å². The highest BCUT2D eigenvalue weighted by atomic mass is 32.1. The van der Waals surface area contributed by atoms with Crippen LogP contribution in [-0.4, -0.2) is 6.54 Å². The Hall–Kier alpha value is -0.600. The molecule has 0 saturated heterocycles. The second-order valence-electron chi connectivity index (χ2n) is 5.08. The standard InChI is InChI=1S/C15H23NS/c1-4-16-13(9-11(2)3)15-10-12-7-5-6-8-14(12)17-15/h10,13,16H,2,4-9H2,1,3H3. The first-order valence-electron chi connectivity index (χ1n) is 6.70. The molecule has 1 N–H and O–H groups in total. The molecule has 1 aromatic heterocycles. The zero-order chi connectivity index (χ0) is 12.3. The topological polar surface area (TPSA) is 12.0 Å². The van der Waals surface area contributed by atoms with Crippen molar-refractivity contribution in [1.29, 1.82) is 0 Å². The lowest BCUT2D eigenvalue weighted by Crippen LogP contribution is -2.20. The third-order valence-electron chi connectivity index (χ3n) is 3.36. The SMILES string of the molecule is C=C(C)CC(NCC)c1cc2c(s1)CCCC2. The molecule has 0 amide bonds. The van der Waals surface area contributed by atoms with Gasteiger partial charge in [0.15, 0.2) is 0 Å². The van der Waals surface area contributed by atoms with Crippen molar-refractivity contribution in [2.24, 2.45) is 0 Å². The van der Waals surface area contributed by atoms with E-state index in [0.29, 0.717) is 6.04 Å². The van der Waals surface area contributed by atoms with Crippen molar-refractivity contribution in [2.45, 2.75) is 52.0 Å². The van der Waals surface area contributed by atoms with Crippen molar-refractivity contribution in [3.8, 4) is 0 Å². The molecule has 2 rings (SSSR count). The van der Waals surface area contributed by atoms with Crippen molar-refractivity contribution < 1.29 is 0 Å². The van der Waals surface area contributed by atoms with Gasteiger partial charge in [0, 0.05) is 15.8 Å². The molecule has 0 aliphatic heterocycles. The number of hydrogen-bond donors (Lipinski definition) is 1. The van der Waals surface area contributed by atoms with Crippen molar-refractivity contribution in [2.75, 3.05) is 6.54 Å². The molecule has 0 spiro atoms. The maximum atomic E-state index is 4.05. The van der Waals surface area contributed by atoms with Crippen LogP contribution in [0.2, 0.25) is 0 Å². The predicted octanol–water partition coefficient (Wildman–Crippen LogP) is 4.24. The minimum Gasteiger partial charge on any atom is -0.309 e. The van der Waals surface area contributed by atoms with Gasteiger partial charge in [-0.3, -0.25) is 0 Å². The van der Waals surface area contributed by atoms with Crippen molar-refractivity contribution in [3.63, 3.8) is 0 Å². The highest BCUT2D eigenvalue weighted by molar-refractivity contribution is 7.12. The number of nitrogens with one attached hydrogen (secondary N) is 1. The largest absolute Gasteiger partial charge is 0.309 e. The average molecular weight is 249 g/mol. The van der Waals surface area contributed by atoms with E-state index in [9.17, 15) is 0 Å². The summed E-state index contributed by atoms with van der Waals surface area (Å²) in [6, 6.07) is 2.92. The zero-order valence-corrected chi connectivity index (χ0v) is 11.8. The van der Waals surface area contributed by atoms with Gasteiger partial charge in [-0.2, -0.15) is 0 Å². The highest BCUT2D eigenvalue weighted by Crippen LogP contribution is 2.34. The van der Waals surface area contributed by atoms with E-state index in [-0.39, 0.29) is 0 Å². The van der Waals surface area contributed by atoms with E-state index in [2.05, 4.69) is 31.8 Å². The fraction of sp³-hybridized carbons (Fsp3) is 0.600. The summed E-state index contributed by atoms with van der Waals surface area (Å²) < 4.78 is 0. The van der Waals surface area contributed by atoms with Gasteiger partial charge in [0.05, 0.1) is 0 Å². The average Bonchev–Trinajstić information content (AvgIpc) is 2.71. The second kappa shape index (κ2) is 5.83. The molecule has 0 aromatic carbocycles. The molecule has 1 unspecified atom stereocenters. The molecule has 1 atom stereocenters. The van der Waals surface area contributed by atoms with E-state index >= 15 is 0 Å². The molecular formula is C15H23NS. The van der Waals surface area contributed by atoms with Crippen LogP contribution in [0, 0.1) is 0 Å². The van der Waals surface area contributed by atoms with E-state index in [0.717, 1.165) is 13.0 Å². The van der Waals surface area contributed by atoms with Crippen LogP contribution in [0.5, 0.6) is 0 Å². The molecule has 1 nitrogen and oxygen atoms in total. The third kappa shape index (κ3) is 3.20. The lowest BCUT2D eigenvalue weighted by Gasteiger charge is -2.16. The number of hydrogen-bond acceptors (Lipinski definition) is 2. The third-order valence-corrected chi connectivity index (χ3v) is 4.71. The van der Waals surface area contributed by atoms with Crippen molar-refractivity contribution >= 4 is 11.3 Å². The quantitative estimate of drug-likeness (QED) is 0.770. The van der Waals surface area contributed by atoms with Crippen molar-refractivity contribution in [3.05, 3.63) is 33.5 Å². The Kier molecular flexibility index (Phi) is 4.41. The summed E-state index contributed by atoms with van der Waals surface area (Å²) in [6.45, 7) is 9.38. The van der Waals surface area contributed by atoms with Gasteiger partial charge in [0.2, 0.25) is 0 Å². The van der Waals surface area contributed by atoms with Gasteiger partial charge in [-0.15, -0.1) is 17.9 Å². The number of fused-ring (bicyclic) bond motifs is 1. The second-order valence-corrected chi connectivity index (χ2v) is 6.24. The molecule has 94 valence electrons. The van der Waals surface area contributed by atoms with Gasteiger partial charge in [-0.25, -0.2) is 0 Å². The molecule has 0 bridgehead atoms. The molecule has 1 aromatic rings. The first-order chi connectivity index (χ1) is 8.20. The van der Waals surface area contributed by atoms with Gasteiger partial charge < -0.3 is 5.32 Å². The molecule has 17 heavy (non-hydrogen) atoms. The summed E-state index contributed by atoms with van der Waals surface area (Å²) >= 11 is 2.02. The summed E-state index contributed by atoms with van der Waals surface area (Å²) in [5, 5.41) is 3.59. The van der Waals surface area contributed by atoms with E-state index < -0.39 is 0 Å². The molecule has 2 heteroatoms. The lowest BCUT2D eigenvalue weighted by atomic mass is 9.98. The van der Waals surface area contributed by atoms with E-state index in [1.165, 1.54) is 36.1 Å². The Bertz CT molecular complexity index is 368. The Labute approximate surface area is 109 Å². The molecule has 1 heterocycles. The Morgan fingerprint density at radius 1 is 1.47 bits per heavy atom. The number of aryl methyl sites for hydroxylation is 2. The summed E-state index contributed by atoms with van der Waals surface area (Å²) in [4.78, 5) is 3.15. The predicted molar refractivity (Wildman–Crippen MR) is 76.8 cm³/mol. The lowest BCUT2D eigenvalue weighted by molar-refractivity contribution is 0.556. The fourth-order valence-corrected chi connectivity index (χ4v) is 3.89. The Morgan fingerprint density at radius 2 is 2.24 bits per heavy atom. The number of rotatable bonds is 5. The van der Waals surface area contributed by atoms with Crippen LogP contribution >= 0.6 is 11.3 Å². The van der Waals surface area contributed by atoms with Gasteiger partial charge in [0.25, 0.3) is 0 Å². The molecule has 0 fully saturated rings. The van der Waals surface area contributed by atoms with Gasteiger partial charge in [-0.1, -0.05) is 12.5 Å². The summed E-state index contributed by atoms with van der Waals surface area (Å²) in [7, 11) is 0. The first-order valence-corrected chi connectivity index (χ1v) is 7.51. The summed E-state index contributed by atoms with van der Waals surface area (Å²) in [6.07, 6.45) is 6.39. The minimum atomic E-state index is 0.480. The summed E-state index contributed by atoms with van der Waals surface area (Å²) in [5.41, 5.74) is 2.88. The monoisotopic (exact) mass is 249 g/mol. The fourth-order valence-electron chi connectivity index (χ4n) is 2.55. The first kappa shape index (κ1) is 12.8. The van der Waals surface area contributed by atoms with Crippen LogP contribution in [-0.2, 0) is 12.8 Å². The van der Waals surface area contributed by atoms with Gasteiger partial charge in [-0.05, 0) is 57.2 Å². The van der Waals surface area contributed by atoms with Gasteiger partial charge in [0.1, 0.15) is 0 Å². The molecule has 0 saturated carbocycles. The highest BCUT2D eigenvalue weighted by Gasteiger charge is 2.18. The van der Waals surface area contributed by atoms with Crippen molar-refractivity contribution in [1.82, 2.24) is 5.32 Å². The van der Waals surface area contributed by atoms with E-state index in [4.69, 9.17) is 0 Å². The van der Waals surface area contributed by atoms with Crippen LogP contribution in [0.1, 0.15) is 54.5 Å². The van der Waals surface area contributed by atoms with Crippen LogP contribution in [0.25, 0.3) is 0 Å². The van der Waals surface area contributed by atoms with E-state index in [1.807, 2.05) is 11.3 Å². The Morgan fingerprint density at radius 3 is 2.88 bits per heavy atom. The zero-order valence-electron chi connectivity index (χ0n) is 11.0. The molecule has 1 aliphatic carbocycles. The number of thiophene rings is 1. The van der Waals surface area contributed by atoms with Crippen LogP contribution in [0.3, 0.4) is 0 Å². The summed E-state index contributed by atoms with van der Waals surface area (Å²) in [5.74, 6) is 0. The smallest absolute Gasteiger partial charge is 0.0452 e. The van der Waals surface area contributed by atoms with Crippen LogP contribution in [0.15, 0.2) is 18.2 Å². The molecular weight excluding hydrogens is 226 g/mol. The molecule has 0 radical (unpaired) electrons.